The fourth-order valence-corrected chi connectivity index (χ4v) is 4.27. The number of hydrogen-bond acceptors (Lipinski definition) is 4. The Bertz CT molecular complexity index is 648. The van der Waals surface area contributed by atoms with Gasteiger partial charge in [0.05, 0.1) is 0 Å². The Hall–Kier alpha value is -2.11. The largest absolute Gasteiger partial charge is 0.353 e. The monoisotopic (exact) mass is 386 g/mol. The van der Waals surface area contributed by atoms with Gasteiger partial charge in [-0.25, -0.2) is 4.98 Å². The predicted octanol–water partition coefficient (Wildman–Crippen LogP) is 2.99. The normalized spacial score (nSPS) is 18.8. The topological polar surface area (TPSA) is 65.5 Å². The first-order valence-electron chi connectivity index (χ1n) is 10.7. The van der Waals surface area contributed by atoms with Crippen LogP contribution in [-0.2, 0) is 9.59 Å². The second kappa shape index (κ2) is 9.39. The molecule has 2 fully saturated rings. The van der Waals surface area contributed by atoms with Gasteiger partial charge in [-0.3, -0.25) is 9.59 Å². The number of rotatable bonds is 6. The van der Waals surface area contributed by atoms with Crippen molar-refractivity contribution in [3.63, 3.8) is 0 Å². The summed E-state index contributed by atoms with van der Waals surface area (Å²) >= 11 is 0. The summed E-state index contributed by atoms with van der Waals surface area (Å²) in [5.74, 6) is 1.20. The molecule has 1 saturated heterocycles. The van der Waals surface area contributed by atoms with Gasteiger partial charge < -0.3 is 15.1 Å². The van der Waals surface area contributed by atoms with Crippen LogP contribution in [0.15, 0.2) is 24.4 Å². The van der Waals surface area contributed by atoms with Gasteiger partial charge in [0, 0.05) is 51.3 Å². The van der Waals surface area contributed by atoms with Crippen LogP contribution >= 0.6 is 0 Å². The number of amides is 2. The fraction of sp³-hybridized carbons (Fsp3) is 0.682. The average Bonchev–Trinajstić information content (AvgIpc) is 2.68. The molecule has 6 nitrogen and oxygen atoms in total. The summed E-state index contributed by atoms with van der Waals surface area (Å²) in [5, 5.41) is 3.17. The Balaban J connectivity index is 1.43. The standard InChI is InChI=1S/C22H34N4O2/c1-22(2,16-20(27)24-18-8-4-3-5-9-18)17-21(28)26-14-12-25(13-15-26)19-10-6-7-11-23-19/h6-7,10-11,18H,3-5,8-9,12-17H2,1-2H3,(H,24,27). The van der Waals surface area contributed by atoms with E-state index in [9.17, 15) is 9.59 Å². The van der Waals surface area contributed by atoms with Crippen molar-refractivity contribution in [2.75, 3.05) is 31.1 Å². The average molecular weight is 387 g/mol. The molecule has 2 aliphatic rings. The van der Waals surface area contributed by atoms with E-state index in [-0.39, 0.29) is 17.2 Å². The number of carbonyl (C=O) groups excluding carboxylic acids is 2. The van der Waals surface area contributed by atoms with E-state index in [2.05, 4.69) is 15.2 Å². The molecule has 1 N–H and O–H groups in total. The molecule has 1 aromatic rings. The molecule has 0 bridgehead atoms. The van der Waals surface area contributed by atoms with E-state index in [1.807, 2.05) is 36.9 Å². The molecule has 154 valence electrons. The number of pyridine rings is 1. The molecule has 1 aliphatic heterocycles. The molecule has 2 amide bonds. The van der Waals surface area contributed by atoms with Gasteiger partial charge in [0.15, 0.2) is 0 Å². The lowest BCUT2D eigenvalue weighted by molar-refractivity contribution is -0.134. The minimum absolute atomic E-state index is 0.0877. The van der Waals surface area contributed by atoms with E-state index in [0.29, 0.717) is 32.0 Å². The SMILES string of the molecule is CC(C)(CC(=O)NC1CCCCC1)CC(=O)N1CCN(c2ccccn2)CC1. The maximum Gasteiger partial charge on any atom is 0.223 e. The number of nitrogens with zero attached hydrogens (tertiary/aromatic N) is 3. The van der Waals surface area contributed by atoms with Gasteiger partial charge in [0.25, 0.3) is 0 Å². The molecular formula is C22H34N4O2. The zero-order chi connectivity index (χ0) is 20.0. The van der Waals surface area contributed by atoms with Crippen LogP contribution in [0, 0.1) is 5.41 Å². The molecule has 1 aliphatic carbocycles. The van der Waals surface area contributed by atoms with Crippen LogP contribution in [0.3, 0.4) is 0 Å². The maximum atomic E-state index is 12.8. The predicted molar refractivity (Wildman–Crippen MR) is 111 cm³/mol. The van der Waals surface area contributed by atoms with Gasteiger partial charge in [-0.2, -0.15) is 0 Å². The lowest BCUT2D eigenvalue weighted by Gasteiger charge is -2.37. The van der Waals surface area contributed by atoms with Crippen molar-refractivity contribution in [2.45, 2.75) is 64.8 Å². The third kappa shape index (κ3) is 5.94. The molecule has 2 heterocycles. The summed E-state index contributed by atoms with van der Waals surface area (Å²) < 4.78 is 0. The lowest BCUT2D eigenvalue weighted by Crippen LogP contribution is -2.50. The Kier molecular flexibility index (Phi) is 6.92. The summed E-state index contributed by atoms with van der Waals surface area (Å²) in [6.07, 6.45) is 8.48. The fourth-order valence-electron chi connectivity index (χ4n) is 4.27. The Morgan fingerprint density at radius 3 is 2.43 bits per heavy atom. The second-order valence-electron chi connectivity index (χ2n) is 8.98. The number of anilines is 1. The maximum absolute atomic E-state index is 12.8. The Morgan fingerprint density at radius 2 is 1.79 bits per heavy atom. The Labute approximate surface area is 168 Å². The van der Waals surface area contributed by atoms with E-state index in [1.54, 1.807) is 6.20 Å². The van der Waals surface area contributed by atoms with Crippen molar-refractivity contribution < 1.29 is 9.59 Å². The van der Waals surface area contributed by atoms with Crippen LogP contribution in [0.1, 0.15) is 58.8 Å². The minimum atomic E-state index is -0.325. The van der Waals surface area contributed by atoms with Crippen LogP contribution in [0.4, 0.5) is 5.82 Å². The highest BCUT2D eigenvalue weighted by molar-refractivity contribution is 5.80. The zero-order valence-electron chi connectivity index (χ0n) is 17.3. The van der Waals surface area contributed by atoms with Crippen LogP contribution < -0.4 is 10.2 Å². The quantitative estimate of drug-likeness (QED) is 0.816. The molecule has 1 saturated carbocycles. The molecule has 6 heteroatoms. The summed E-state index contributed by atoms with van der Waals surface area (Å²) in [5.41, 5.74) is -0.325. The molecule has 28 heavy (non-hydrogen) atoms. The van der Waals surface area contributed by atoms with Gasteiger partial charge >= 0.3 is 0 Å². The first-order valence-corrected chi connectivity index (χ1v) is 10.7. The van der Waals surface area contributed by atoms with Crippen LogP contribution in [0.5, 0.6) is 0 Å². The smallest absolute Gasteiger partial charge is 0.223 e. The van der Waals surface area contributed by atoms with Crippen molar-refractivity contribution in [1.29, 1.82) is 0 Å². The van der Waals surface area contributed by atoms with Gasteiger partial charge in [0.1, 0.15) is 5.82 Å². The van der Waals surface area contributed by atoms with Crippen LogP contribution in [-0.4, -0.2) is 53.9 Å². The summed E-state index contributed by atoms with van der Waals surface area (Å²) in [4.78, 5) is 33.8. The number of nitrogens with one attached hydrogen (secondary N) is 1. The van der Waals surface area contributed by atoms with E-state index in [4.69, 9.17) is 0 Å². The van der Waals surface area contributed by atoms with Gasteiger partial charge in [-0.1, -0.05) is 39.2 Å². The number of aromatic nitrogens is 1. The van der Waals surface area contributed by atoms with Gasteiger partial charge in [-0.15, -0.1) is 0 Å². The number of piperazine rings is 1. The lowest BCUT2D eigenvalue weighted by atomic mass is 9.84. The highest BCUT2D eigenvalue weighted by Gasteiger charge is 2.30. The number of carbonyl (C=O) groups is 2. The van der Waals surface area contributed by atoms with E-state index >= 15 is 0 Å². The minimum Gasteiger partial charge on any atom is -0.353 e. The van der Waals surface area contributed by atoms with Crippen molar-refractivity contribution >= 4 is 17.6 Å². The third-order valence-electron chi connectivity index (χ3n) is 5.84. The third-order valence-corrected chi connectivity index (χ3v) is 5.84. The highest BCUT2D eigenvalue weighted by atomic mass is 16.2. The summed E-state index contributed by atoms with van der Waals surface area (Å²) in [6.45, 7) is 7.06. The summed E-state index contributed by atoms with van der Waals surface area (Å²) in [7, 11) is 0. The molecule has 0 spiro atoms. The van der Waals surface area contributed by atoms with Crippen molar-refractivity contribution in [1.82, 2.24) is 15.2 Å². The molecule has 3 rings (SSSR count). The first-order chi connectivity index (χ1) is 13.4. The first kappa shape index (κ1) is 20.6. The van der Waals surface area contributed by atoms with Crippen molar-refractivity contribution in [3.05, 3.63) is 24.4 Å². The van der Waals surface area contributed by atoms with E-state index in [0.717, 1.165) is 31.7 Å². The molecule has 0 atom stereocenters. The molecule has 1 aromatic heterocycles. The van der Waals surface area contributed by atoms with E-state index in [1.165, 1.54) is 19.3 Å². The van der Waals surface area contributed by atoms with Crippen LogP contribution in [0.25, 0.3) is 0 Å². The number of hydrogen-bond donors (Lipinski definition) is 1. The zero-order valence-corrected chi connectivity index (χ0v) is 17.3. The molecule has 0 unspecified atom stereocenters. The second-order valence-corrected chi connectivity index (χ2v) is 8.98. The molecule has 0 aromatic carbocycles. The molecule has 0 radical (unpaired) electrons. The van der Waals surface area contributed by atoms with Gasteiger partial charge in [-0.05, 0) is 30.4 Å². The summed E-state index contributed by atoms with van der Waals surface area (Å²) in [6, 6.07) is 6.23. The van der Waals surface area contributed by atoms with Crippen LogP contribution in [0.2, 0.25) is 0 Å². The molecular weight excluding hydrogens is 352 g/mol. The van der Waals surface area contributed by atoms with Gasteiger partial charge in [0.2, 0.25) is 11.8 Å². The van der Waals surface area contributed by atoms with Crippen molar-refractivity contribution in [3.8, 4) is 0 Å². The van der Waals surface area contributed by atoms with E-state index < -0.39 is 0 Å². The van der Waals surface area contributed by atoms with Crippen molar-refractivity contribution in [2.24, 2.45) is 5.41 Å². The highest BCUT2D eigenvalue weighted by Crippen LogP contribution is 2.27. The Morgan fingerprint density at radius 1 is 1.07 bits per heavy atom.